The van der Waals surface area contributed by atoms with Gasteiger partial charge in [-0.1, -0.05) is 12.1 Å². The fraction of sp³-hybridized carbons (Fsp3) is 0.435. The van der Waals surface area contributed by atoms with E-state index in [4.69, 9.17) is 9.47 Å². The number of nitrogens with zero attached hydrogens (tertiary/aromatic N) is 1. The summed E-state index contributed by atoms with van der Waals surface area (Å²) in [5, 5.41) is 5.16. The molecule has 0 bridgehead atoms. The highest BCUT2D eigenvalue weighted by atomic mass is 32.1. The summed E-state index contributed by atoms with van der Waals surface area (Å²) in [5.41, 5.74) is 0.891. The molecular formula is C23H30N2O3S. The van der Waals surface area contributed by atoms with Crippen LogP contribution in [0.3, 0.4) is 0 Å². The average Bonchev–Trinajstić information content (AvgIpc) is 3.41. The van der Waals surface area contributed by atoms with Crippen molar-refractivity contribution in [3.8, 4) is 11.5 Å². The van der Waals surface area contributed by atoms with Gasteiger partial charge in [-0.3, -0.25) is 9.69 Å². The molecule has 1 N–H and O–H groups in total. The maximum absolute atomic E-state index is 12.4. The molecule has 1 amide bonds. The Balaban J connectivity index is 1.60. The second kappa shape index (κ2) is 10.5. The lowest BCUT2D eigenvalue weighted by Gasteiger charge is -2.26. The van der Waals surface area contributed by atoms with Crippen molar-refractivity contribution in [1.82, 2.24) is 10.2 Å². The van der Waals surface area contributed by atoms with Gasteiger partial charge in [0, 0.05) is 17.5 Å². The van der Waals surface area contributed by atoms with Crippen LogP contribution in [-0.4, -0.2) is 43.7 Å². The minimum atomic E-state index is -0.0905. The highest BCUT2D eigenvalue weighted by Gasteiger charge is 2.24. The summed E-state index contributed by atoms with van der Waals surface area (Å²) >= 11 is 1.75. The summed E-state index contributed by atoms with van der Waals surface area (Å²) in [6, 6.07) is 10.1. The molecule has 1 unspecified atom stereocenters. The maximum atomic E-state index is 12.4. The number of carbonyl (C=O) groups is 1. The molecule has 5 nitrogen and oxygen atoms in total. The highest BCUT2D eigenvalue weighted by molar-refractivity contribution is 7.10. The van der Waals surface area contributed by atoms with Crippen LogP contribution in [0.25, 0.3) is 6.08 Å². The highest BCUT2D eigenvalue weighted by Crippen LogP contribution is 2.30. The Bertz CT molecular complexity index is 812. The molecule has 1 saturated heterocycles. The smallest absolute Gasteiger partial charge is 0.244 e. The zero-order valence-electron chi connectivity index (χ0n) is 17.4. The number of methoxy groups -OCH3 is 1. The van der Waals surface area contributed by atoms with Crippen LogP contribution in [0.4, 0.5) is 0 Å². The third kappa shape index (κ3) is 6.08. The topological polar surface area (TPSA) is 50.8 Å². The van der Waals surface area contributed by atoms with E-state index in [-0.39, 0.29) is 18.1 Å². The second-order valence-electron chi connectivity index (χ2n) is 7.43. The standard InChI is InChI=1S/C23H30N2O3S/c1-17(2)28-20-10-8-18(15-21(20)27-3)9-11-23(26)24-16-19(22-7-6-14-29-22)25-12-4-5-13-25/h6-11,14-15,17,19H,4-5,12-13,16H2,1-3H3,(H,24,26)/b11-9+. The summed E-state index contributed by atoms with van der Waals surface area (Å²) in [6.45, 7) is 6.76. The van der Waals surface area contributed by atoms with Crippen molar-refractivity contribution >= 4 is 23.3 Å². The molecule has 0 aliphatic carbocycles. The van der Waals surface area contributed by atoms with Crippen LogP contribution in [-0.2, 0) is 4.79 Å². The van der Waals surface area contributed by atoms with E-state index in [0.717, 1.165) is 18.7 Å². The zero-order chi connectivity index (χ0) is 20.6. The van der Waals surface area contributed by atoms with Gasteiger partial charge in [0.15, 0.2) is 11.5 Å². The van der Waals surface area contributed by atoms with E-state index >= 15 is 0 Å². The number of nitrogens with one attached hydrogen (secondary N) is 1. The molecule has 1 fully saturated rings. The molecule has 3 rings (SSSR count). The van der Waals surface area contributed by atoms with Crippen molar-refractivity contribution in [3.63, 3.8) is 0 Å². The quantitative estimate of drug-likeness (QED) is 0.614. The van der Waals surface area contributed by atoms with Crippen molar-refractivity contribution < 1.29 is 14.3 Å². The number of likely N-dealkylation sites (tertiary alicyclic amines) is 1. The lowest BCUT2D eigenvalue weighted by atomic mass is 10.1. The molecule has 1 aliphatic rings. The van der Waals surface area contributed by atoms with Gasteiger partial charge in [-0.15, -0.1) is 11.3 Å². The SMILES string of the molecule is COc1cc(/C=C/C(=O)NCC(c2cccs2)N2CCCC2)ccc1OC(C)C. The Kier molecular flexibility index (Phi) is 7.72. The minimum Gasteiger partial charge on any atom is -0.493 e. The fourth-order valence-corrected chi connectivity index (χ4v) is 4.37. The van der Waals surface area contributed by atoms with Gasteiger partial charge in [0.1, 0.15) is 0 Å². The van der Waals surface area contributed by atoms with Crippen LogP contribution in [0.2, 0.25) is 0 Å². The minimum absolute atomic E-state index is 0.0722. The molecule has 0 radical (unpaired) electrons. The van der Waals surface area contributed by atoms with E-state index in [2.05, 4.69) is 27.7 Å². The summed E-state index contributed by atoms with van der Waals surface area (Å²) in [5.74, 6) is 1.27. The molecule has 1 aliphatic heterocycles. The largest absolute Gasteiger partial charge is 0.493 e. The van der Waals surface area contributed by atoms with E-state index < -0.39 is 0 Å². The average molecular weight is 415 g/mol. The molecule has 29 heavy (non-hydrogen) atoms. The number of hydrogen-bond acceptors (Lipinski definition) is 5. The molecule has 2 aromatic rings. The van der Waals surface area contributed by atoms with Gasteiger partial charge >= 0.3 is 0 Å². The van der Waals surface area contributed by atoms with Gasteiger partial charge < -0.3 is 14.8 Å². The van der Waals surface area contributed by atoms with Crippen molar-refractivity contribution in [1.29, 1.82) is 0 Å². The number of ether oxygens (including phenoxy) is 2. The Morgan fingerprint density at radius 3 is 2.69 bits per heavy atom. The van der Waals surface area contributed by atoms with E-state index in [0.29, 0.717) is 18.0 Å². The molecule has 0 spiro atoms. The first-order chi connectivity index (χ1) is 14.1. The number of carbonyl (C=O) groups excluding carboxylic acids is 1. The number of thiophene rings is 1. The normalized spacial score (nSPS) is 15.7. The fourth-order valence-electron chi connectivity index (χ4n) is 3.51. The van der Waals surface area contributed by atoms with Crippen molar-refractivity contribution in [3.05, 3.63) is 52.2 Å². The summed E-state index contributed by atoms with van der Waals surface area (Å²) < 4.78 is 11.1. The van der Waals surface area contributed by atoms with Crippen LogP contribution >= 0.6 is 11.3 Å². The predicted molar refractivity (Wildman–Crippen MR) is 119 cm³/mol. The molecule has 2 heterocycles. The Labute approximate surface area is 177 Å². The van der Waals surface area contributed by atoms with Crippen LogP contribution in [0.5, 0.6) is 11.5 Å². The first-order valence-corrected chi connectivity index (χ1v) is 11.0. The first kappa shape index (κ1) is 21.4. The Hall–Kier alpha value is -2.31. The van der Waals surface area contributed by atoms with Crippen molar-refractivity contribution in [2.24, 2.45) is 0 Å². The second-order valence-corrected chi connectivity index (χ2v) is 8.41. The van der Waals surface area contributed by atoms with Gasteiger partial charge in [-0.2, -0.15) is 0 Å². The van der Waals surface area contributed by atoms with Gasteiger partial charge in [0.2, 0.25) is 5.91 Å². The third-order valence-electron chi connectivity index (χ3n) is 4.90. The van der Waals surface area contributed by atoms with E-state index in [1.165, 1.54) is 17.7 Å². The van der Waals surface area contributed by atoms with Gasteiger partial charge in [-0.05, 0) is 75.0 Å². The monoisotopic (exact) mass is 414 g/mol. The van der Waals surface area contributed by atoms with Gasteiger partial charge in [0.25, 0.3) is 0 Å². The summed E-state index contributed by atoms with van der Waals surface area (Å²) in [6.07, 6.45) is 5.91. The lowest BCUT2D eigenvalue weighted by molar-refractivity contribution is -0.116. The molecule has 0 saturated carbocycles. The molecule has 1 atom stereocenters. The summed E-state index contributed by atoms with van der Waals surface area (Å²) in [4.78, 5) is 16.2. The number of benzene rings is 1. The predicted octanol–water partition coefficient (Wildman–Crippen LogP) is 4.51. The molecular weight excluding hydrogens is 384 g/mol. The van der Waals surface area contributed by atoms with E-state index in [9.17, 15) is 4.79 Å². The Morgan fingerprint density at radius 2 is 2.03 bits per heavy atom. The Morgan fingerprint density at radius 1 is 1.24 bits per heavy atom. The van der Waals surface area contributed by atoms with Crippen LogP contribution in [0.1, 0.15) is 43.2 Å². The maximum Gasteiger partial charge on any atom is 0.244 e. The molecule has 1 aromatic heterocycles. The number of hydrogen-bond donors (Lipinski definition) is 1. The molecule has 6 heteroatoms. The van der Waals surface area contributed by atoms with E-state index in [1.54, 1.807) is 30.6 Å². The molecule has 1 aromatic carbocycles. The summed E-state index contributed by atoms with van der Waals surface area (Å²) in [7, 11) is 1.62. The number of rotatable bonds is 9. The third-order valence-corrected chi connectivity index (χ3v) is 5.87. The number of amides is 1. The van der Waals surface area contributed by atoms with Gasteiger partial charge in [-0.25, -0.2) is 0 Å². The first-order valence-electron chi connectivity index (χ1n) is 10.1. The van der Waals surface area contributed by atoms with Crippen molar-refractivity contribution in [2.75, 3.05) is 26.7 Å². The van der Waals surface area contributed by atoms with E-state index in [1.807, 2.05) is 32.0 Å². The lowest BCUT2D eigenvalue weighted by Crippen LogP contribution is -2.35. The van der Waals surface area contributed by atoms with Crippen LogP contribution in [0.15, 0.2) is 41.8 Å². The zero-order valence-corrected chi connectivity index (χ0v) is 18.2. The molecule has 156 valence electrons. The van der Waals surface area contributed by atoms with Gasteiger partial charge in [0.05, 0.1) is 19.3 Å². The van der Waals surface area contributed by atoms with Crippen molar-refractivity contribution in [2.45, 2.75) is 38.8 Å². The van der Waals surface area contributed by atoms with Crippen LogP contribution < -0.4 is 14.8 Å². The van der Waals surface area contributed by atoms with Crippen LogP contribution in [0, 0.1) is 0 Å².